The van der Waals surface area contributed by atoms with E-state index in [4.69, 9.17) is 5.11 Å². The summed E-state index contributed by atoms with van der Waals surface area (Å²) in [6, 6.07) is 6.90. The number of carboxylic acids is 1. The first-order chi connectivity index (χ1) is 10.0. The molecule has 2 N–H and O–H groups in total. The molecule has 1 amide bonds. The Labute approximate surface area is 129 Å². The molecule has 1 aromatic rings. The van der Waals surface area contributed by atoms with Gasteiger partial charge in [0.05, 0.1) is 0 Å². The highest BCUT2D eigenvalue weighted by Crippen LogP contribution is 2.06. The monoisotopic (exact) mass is 307 g/mol. The van der Waals surface area contributed by atoms with Crippen molar-refractivity contribution >= 4 is 29.7 Å². The van der Waals surface area contributed by atoms with Crippen LogP contribution in [0, 0.1) is 6.92 Å². The Morgan fingerprint density at radius 3 is 2.57 bits per heavy atom. The number of benzene rings is 1. The number of hydrogen-bond acceptors (Lipinski definition) is 3. The summed E-state index contributed by atoms with van der Waals surface area (Å²) in [6.07, 6.45) is 3.47. The maximum absolute atomic E-state index is 11.8. The fraction of sp³-hybridized carbons (Fsp3) is 0.375. The van der Waals surface area contributed by atoms with Gasteiger partial charge in [0, 0.05) is 6.08 Å². The molecular formula is C16H21NO3S. The molecule has 0 aromatic heterocycles. The lowest BCUT2D eigenvalue weighted by Gasteiger charge is -2.12. The van der Waals surface area contributed by atoms with Crippen molar-refractivity contribution in [1.29, 1.82) is 0 Å². The lowest BCUT2D eigenvalue weighted by atomic mass is 10.1. The first-order valence-corrected chi connectivity index (χ1v) is 8.04. The normalized spacial score (nSPS) is 12.3. The van der Waals surface area contributed by atoms with Gasteiger partial charge in [-0.3, -0.25) is 4.79 Å². The molecule has 0 heterocycles. The van der Waals surface area contributed by atoms with Gasteiger partial charge in [-0.25, -0.2) is 4.79 Å². The molecule has 0 radical (unpaired) electrons. The van der Waals surface area contributed by atoms with Crippen molar-refractivity contribution in [3.8, 4) is 0 Å². The van der Waals surface area contributed by atoms with Gasteiger partial charge in [0.1, 0.15) is 6.04 Å². The SMILES string of the molecule is CCSCCC(NC(=O)/C=C/c1ccc(C)cc1)C(=O)O. The predicted octanol–water partition coefficient (Wildman–Crippen LogP) is 2.72. The Balaban J connectivity index is 2.53. The van der Waals surface area contributed by atoms with E-state index in [0.717, 1.165) is 22.6 Å². The smallest absolute Gasteiger partial charge is 0.326 e. The molecule has 0 aliphatic carbocycles. The molecule has 0 saturated carbocycles. The second kappa shape index (κ2) is 9.23. The zero-order valence-corrected chi connectivity index (χ0v) is 13.2. The summed E-state index contributed by atoms with van der Waals surface area (Å²) in [6.45, 7) is 4.01. The molecule has 0 spiro atoms. The molecule has 4 nitrogen and oxygen atoms in total. The Morgan fingerprint density at radius 1 is 1.33 bits per heavy atom. The first-order valence-electron chi connectivity index (χ1n) is 6.88. The van der Waals surface area contributed by atoms with Gasteiger partial charge in [0.25, 0.3) is 0 Å². The van der Waals surface area contributed by atoms with Crippen molar-refractivity contribution < 1.29 is 14.7 Å². The molecule has 1 aromatic carbocycles. The van der Waals surface area contributed by atoms with Crippen molar-refractivity contribution in [2.45, 2.75) is 26.3 Å². The van der Waals surface area contributed by atoms with E-state index < -0.39 is 12.0 Å². The van der Waals surface area contributed by atoms with E-state index >= 15 is 0 Å². The number of carbonyl (C=O) groups is 2. The third-order valence-electron chi connectivity index (χ3n) is 2.87. The summed E-state index contributed by atoms with van der Waals surface area (Å²) in [5.74, 6) is 0.275. The van der Waals surface area contributed by atoms with E-state index in [9.17, 15) is 9.59 Å². The summed E-state index contributed by atoms with van der Waals surface area (Å²) in [5.41, 5.74) is 2.06. The number of hydrogen-bond donors (Lipinski definition) is 2. The van der Waals surface area contributed by atoms with Crippen LogP contribution in [0.15, 0.2) is 30.3 Å². The maximum Gasteiger partial charge on any atom is 0.326 e. The molecule has 21 heavy (non-hydrogen) atoms. The van der Waals surface area contributed by atoms with E-state index in [1.165, 1.54) is 6.08 Å². The van der Waals surface area contributed by atoms with Crippen LogP contribution in [-0.4, -0.2) is 34.5 Å². The minimum atomic E-state index is -0.996. The largest absolute Gasteiger partial charge is 0.480 e. The fourth-order valence-corrected chi connectivity index (χ4v) is 2.36. The van der Waals surface area contributed by atoms with Crippen molar-refractivity contribution in [3.05, 3.63) is 41.5 Å². The number of thioether (sulfide) groups is 1. The predicted molar refractivity (Wildman–Crippen MR) is 87.4 cm³/mol. The minimum absolute atomic E-state index is 0.385. The standard InChI is InChI=1S/C16H21NO3S/c1-3-21-11-10-14(16(19)20)17-15(18)9-8-13-6-4-12(2)5-7-13/h4-9,14H,3,10-11H2,1-2H3,(H,17,18)(H,19,20)/b9-8+. The van der Waals surface area contributed by atoms with Crippen LogP contribution in [0.4, 0.5) is 0 Å². The van der Waals surface area contributed by atoms with Crippen molar-refractivity contribution in [2.75, 3.05) is 11.5 Å². The third-order valence-corrected chi connectivity index (χ3v) is 3.81. The van der Waals surface area contributed by atoms with Gasteiger partial charge < -0.3 is 10.4 Å². The van der Waals surface area contributed by atoms with E-state index in [1.54, 1.807) is 17.8 Å². The van der Waals surface area contributed by atoms with Gasteiger partial charge >= 0.3 is 5.97 Å². The van der Waals surface area contributed by atoms with Gasteiger partial charge in [0.2, 0.25) is 5.91 Å². The van der Waals surface area contributed by atoms with Crippen molar-refractivity contribution in [1.82, 2.24) is 5.32 Å². The number of aliphatic carboxylic acids is 1. The number of rotatable bonds is 8. The fourth-order valence-electron chi connectivity index (χ4n) is 1.67. The van der Waals surface area contributed by atoms with E-state index in [-0.39, 0.29) is 5.91 Å². The van der Waals surface area contributed by atoms with Crippen LogP contribution in [0.5, 0.6) is 0 Å². The molecule has 1 unspecified atom stereocenters. The molecule has 1 rings (SSSR count). The van der Waals surface area contributed by atoms with Gasteiger partial charge in [-0.05, 0) is 36.5 Å². The highest BCUT2D eigenvalue weighted by molar-refractivity contribution is 7.99. The lowest BCUT2D eigenvalue weighted by Crippen LogP contribution is -2.40. The number of carbonyl (C=O) groups excluding carboxylic acids is 1. The average molecular weight is 307 g/mol. The van der Waals surface area contributed by atoms with Gasteiger partial charge in [-0.1, -0.05) is 36.8 Å². The summed E-state index contributed by atoms with van der Waals surface area (Å²) in [7, 11) is 0. The van der Waals surface area contributed by atoms with Crippen LogP contribution < -0.4 is 5.32 Å². The Kier molecular flexibility index (Phi) is 7.61. The maximum atomic E-state index is 11.8. The molecule has 0 aliphatic rings. The molecule has 0 aliphatic heterocycles. The molecule has 114 valence electrons. The van der Waals surface area contributed by atoms with E-state index in [2.05, 4.69) is 5.32 Å². The lowest BCUT2D eigenvalue weighted by molar-refractivity contribution is -0.141. The average Bonchev–Trinajstić information content (AvgIpc) is 2.45. The van der Waals surface area contributed by atoms with Crippen LogP contribution in [0.25, 0.3) is 6.08 Å². The van der Waals surface area contributed by atoms with Crippen LogP contribution in [0.3, 0.4) is 0 Å². The molecule has 0 saturated heterocycles. The number of aryl methyl sites for hydroxylation is 1. The third kappa shape index (κ3) is 6.99. The number of amides is 1. The van der Waals surface area contributed by atoms with Crippen LogP contribution in [0.1, 0.15) is 24.5 Å². The quantitative estimate of drug-likeness (QED) is 0.572. The Morgan fingerprint density at radius 2 is 2.00 bits per heavy atom. The molecular weight excluding hydrogens is 286 g/mol. The molecule has 1 atom stereocenters. The Bertz CT molecular complexity index is 497. The van der Waals surface area contributed by atoms with Crippen LogP contribution in [0.2, 0.25) is 0 Å². The minimum Gasteiger partial charge on any atom is -0.480 e. The number of carboxylic acid groups (broad SMARTS) is 1. The van der Waals surface area contributed by atoms with E-state index in [0.29, 0.717) is 6.42 Å². The highest BCUT2D eigenvalue weighted by Gasteiger charge is 2.18. The number of nitrogens with one attached hydrogen (secondary N) is 1. The topological polar surface area (TPSA) is 66.4 Å². The van der Waals surface area contributed by atoms with E-state index in [1.807, 2.05) is 38.1 Å². The van der Waals surface area contributed by atoms with Crippen LogP contribution >= 0.6 is 11.8 Å². The zero-order valence-electron chi connectivity index (χ0n) is 12.3. The second-order valence-corrected chi connectivity index (χ2v) is 6.02. The summed E-state index contributed by atoms with van der Waals surface area (Å²) < 4.78 is 0. The molecule has 5 heteroatoms. The summed E-state index contributed by atoms with van der Waals surface area (Å²) in [4.78, 5) is 22.9. The van der Waals surface area contributed by atoms with Crippen LogP contribution in [-0.2, 0) is 9.59 Å². The Hall–Kier alpha value is -1.75. The summed E-state index contributed by atoms with van der Waals surface area (Å²) >= 11 is 1.66. The summed E-state index contributed by atoms with van der Waals surface area (Å²) in [5, 5.41) is 11.6. The van der Waals surface area contributed by atoms with Crippen molar-refractivity contribution in [2.24, 2.45) is 0 Å². The zero-order chi connectivity index (χ0) is 15.7. The molecule has 0 fully saturated rings. The van der Waals surface area contributed by atoms with Crippen molar-refractivity contribution in [3.63, 3.8) is 0 Å². The highest BCUT2D eigenvalue weighted by atomic mass is 32.2. The second-order valence-electron chi connectivity index (χ2n) is 4.63. The molecule has 0 bridgehead atoms. The van der Waals surface area contributed by atoms with Gasteiger partial charge in [0.15, 0.2) is 0 Å². The van der Waals surface area contributed by atoms with Gasteiger partial charge in [-0.15, -0.1) is 0 Å². The first kappa shape index (κ1) is 17.3. The van der Waals surface area contributed by atoms with Gasteiger partial charge in [-0.2, -0.15) is 11.8 Å².